The predicted molar refractivity (Wildman–Crippen MR) is 103 cm³/mol. The zero-order valence-corrected chi connectivity index (χ0v) is 15.6. The lowest BCUT2D eigenvalue weighted by Crippen LogP contribution is -2.28. The SMILES string of the molecule is Cc1cccc(C(C)C)c1NC(=O)c1ccnc(C(=O)N2CCCC2)c1. The lowest BCUT2D eigenvalue weighted by molar-refractivity contribution is 0.0787. The van der Waals surface area contributed by atoms with Crippen LogP contribution in [0.15, 0.2) is 36.5 Å². The van der Waals surface area contributed by atoms with E-state index in [1.54, 1.807) is 17.0 Å². The number of para-hydroxylation sites is 1. The molecule has 1 saturated heterocycles. The highest BCUT2D eigenvalue weighted by atomic mass is 16.2. The Kier molecular flexibility index (Phi) is 5.35. The summed E-state index contributed by atoms with van der Waals surface area (Å²) in [7, 11) is 0. The molecule has 1 N–H and O–H groups in total. The molecule has 1 aromatic heterocycles. The number of rotatable bonds is 4. The van der Waals surface area contributed by atoms with Gasteiger partial charge in [0.25, 0.3) is 11.8 Å². The normalized spacial score (nSPS) is 13.9. The largest absolute Gasteiger partial charge is 0.337 e. The Bertz CT molecular complexity index is 824. The molecule has 2 heterocycles. The molecule has 5 heteroatoms. The summed E-state index contributed by atoms with van der Waals surface area (Å²) in [5.74, 6) is -0.0232. The first-order chi connectivity index (χ1) is 12.5. The Balaban J connectivity index is 1.83. The van der Waals surface area contributed by atoms with Crippen LogP contribution in [0.3, 0.4) is 0 Å². The Morgan fingerprint density at radius 3 is 2.58 bits per heavy atom. The maximum atomic E-state index is 12.8. The van der Waals surface area contributed by atoms with E-state index < -0.39 is 0 Å². The number of nitrogens with one attached hydrogen (secondary N) is 1. The Morgan fingerprint density at radius 2 is 1.88 bits per heavy atom. The number of nitrogens with zero attached hydrogens (tertiary/aromatic N) is 2. The first-order valence-electron chi connectivity index (χ1n) is 9.13. The van der Waals surface area contributed by atoms with Crippen molar-refractivity contribution in [2.45, 2.75) is 39.5 Å². The molecule has 0 radical (unpaired) electrons. The number of aromatic nitrogens is 1. The number of aryl methyl sites for hydroxylation is 1. The zero-order valence-electron chi connectivity index (χ0n) is 15.6. The molecular formula is C21H25N3O2. The fourth-order valence-corrected chi connectivity index (χ4v) is 3.30. The Hall–Kier alpha value is -2.69. The second-order valence-electron chi connectivity index (χ2n) is 7.08. The maximum Gasteiger partial charge on any atom is 0.272 e. The molecule has 0 spiro atoms. The van der Waals surface area contributed by atoms with Crippen LogP contribution in [0.2, 0.25) is 0 Å². The molecule has 2 aromatic rings. The standard InChI is InChI=1S/C21H25N3O2/c1-14(2)17-8-6-7-15(3)19(17)23-20(25)16-9-10-22-18(13-16)21(26)24-11-4-5-12-24/h6-10,13-14H,4-5,11-12H2,1-3H3,(H,23,25). The van der Waals surface area contributed by atoms with Crippen LogP contribution in [0.4, 0.5) is 5.69 Å². The lowest BCUT2D eigenvalue weighted by Gasteiger charge is -2.17. The van der Waals surface area contributed by atoms with Crippen LogP contribution in [0, 0.1) is 6.92 Å². The van der Waals surface area contributed by atoms with E-state index >= 15 is 0 Å². The highest BCUT2D eigenvalue weighted by Gasteiger charge is 2.22. The average molecular weight is 351 g/mol. The maximum absolute atomic E-state index is 12.8. The van der Waals surface area contributed by atoms with Crippen molar-refractivity contribution < 1.29 is 9.59 Å². The van der Waals surface area contributed by atoms with Crippen molar-refractivity contribution in [2.75, 3.05) is 18.4 Å². The van der Waals surface area contributed by atoms with Gasteiger partial charge in [-0.2, -0.15) is 0 Å². The number of likely N-dealkylation sites (tertiary alicyclic amines) is 1. The first-order valence-corrected chi connectivity index (χ1v) is 9.13. The van der Waals surface area contributed by atoms with E-state index in [-0.39, 0.29) is 11.8 Å². The quantitative estimate of drug-likeness (QED) is 0.905. The molecule has 0 unspecified atom stereocenters. The fourth-order valence-electron chi connectivity index (χ4n) is 3.30. The zero-order chi connectivity index (χ0) is 18.7. The Morgan fingerprint density at radius 1 is 1.15 bits per heavy atom. The highest BCUT2D eigenvalue weighted by molar-refractivity contribution is 6.06. The van der Waals surface area contributed by atoms with Gasteiger partial charge in [0, 0.05) is 30.5 Å². The van der Waals surface area contributed by atoms with Gasteiger partial charge in [-0.25, -0.2) is 0 Å². The van der Waals surface area contributed by atoms with Crippen LogP contribution in [0.1, 0.15) is 64.6 Å². The van der Waals surface area contributed by atoms with E-state index in [1.807, 2.05) is 25.1 Å². The van der Waals surface area contributed by atoms with Gasteiger partial charge in [0.2, 0.25) is 0 Å². The molecule has 136 valence electrons. The molecular weight excluding hydrogens is 326 g/mol. The van der Waals surface area contributed by atoms with Crippen molar-refractivity contribution >= 4 is 17.5 Å². The van der Waals surface area contributed by atoms with Crippen LogP contribution >= 0.6 is 0 Å². The van der Waals surface area contributed by atoms with Crippen molar-refractivity contribution in [1.82, 2.24) is 9.88 Å². The average Bonchev–Trinajstić information content (AvgIpc) is 3.17. The van der Waals surface area contributed by atoms with E-state index in [9.17, 15) is 9.59 Å². The van der Waals surface area contributed by atoms with Gasteiger partial charge in [-0.3, -0.25) is 14.6 Å². The van der Waals surface area contributed by atoms with Crippen molar-refractivity contribution in [1.29, 1.82) is 0 Å². The molecule has 1 fully saturated rings. The van der Waals surface area contributed by atoms with Gasteiger partial charge < -0.3 is 10.2 Å². The molecule has 1 aliphatic heterocycles. The van der Waals surface area contributed by atoms with Gasteiger partial charge in [0.05, 0.1) is 0 Å². The molecule has 5 nitrogen and oxygen atoms in total. The van der Waals surface area contributed by atoms with Crippen LogP contribution in [0.25, 0.3) is 0 Å². The molecule has 0 aliphatic carbocycles. The summed E-state index contributed by atoms with van der Waals surface area (Å²) < 4.78 is 0. The highest BCUT2D eigenvalue weighted by Crippen LogP contribution is 2.28. The molecule has 1 aliphatic rings. The van der Waals surface area contributed by atoms with Gasteiger partial charge >= 0.3 is 0 Å². The number of anilines is 1. The molecule has 2 amide bonds. The summed E-state index contributed by atoms with van der Waals surface area (Å²) in [6.07, 6.45) is 3.58. The first kappa shape index (κ1) is 18.1. The van der Waals surface area contributed by atoms with Gasteiger partial charge in [0.1, 0.15) is 5.69 Å². The summed E-state index contributed by atoms with van der Waals surface area (Å²) in [5, 5.41) is 3.02. The Labute approximate surface area is 154 Å². The van der Waals surface area contributed by atoms with Crippen molar-refractivity contribution in [3.8, 4) is 0 Å². The van der Waals surface area contributed by atoms with E-state index in [4.69, 9.17) is 0 Å². The van der Waals surface area contributed by atoms with Crippen LogP contribution in [-0.4, -0.2) is 34.8 Å². The second-order valence-corrected chi connectivity index (χ2v) is 7.08. The smallest absolute Gasteiger partial charge is 0.272 e. The van der Waals surface area contributed by atoms with Gasteiger partial charge in [-0.1, -0.05) is 32.0 Å². The van der Waals surface area contributed by atoms with E-state index in [0.29, 0.717) is 17.2 Å². The number of amides is 2. The predicted octanol–water partition coefficient (Wildman–Crippen LogP) is 4.00. The second kappa shape index (κ2) is 7.68. The van der Waals surface area contributed by atoms with E-state index in [2.05, 4.69) is 24.1 Å². The van der Waals surface area contributed by atoms with Crippen molar-refractivity contribution in [3.63, 3.8) is 0 Å². The molecule has 0 atom stereocenters. The molecule has 1 aromatic carbocycles. The summed E-state index contributed by atoms with van der Waals surface area (Å²) in [6, 6.07) is 9.24. The van der Waals surface area contributed by atoms with Crippen LogP contribution < -0.4 is 5.32 Å². The fraction of sp³-hybridized carbons (Fsp3) is 0.381. The van der Waals surface area contributed by atoms with Crippen molar-refractivity contribution in [3.05, 3.63) is 58.9 Å². The van der Waals surface area contributed by atoms with Crippen molar-refractivity contribution in [2.24, 2.45) is 0 Å². The molecule has 26 heavy (non-hydrogen) atoms. The summed E-state index contributed by atoms with van der Waals surface area (Å²) in [5.41, 5.74) is 3.73. The number of hydrogen-bond donors (Lipinski definition) is 1. The lowest BCUT2D eigenvalue weighted by atomic mass is 9.98. The van der Waals surface area contributed by atoms with Crippen LogP contribution in [0.5, 0.6) is 0 Å². The number of pyridine rings is 1. The minimum absolute atomic E-state index is 0.101. The number of benzene rings is 1. The number of carbonyl (C=O) groups excluding carboxylic acids is 2. The van der Waals surface area contributed by atoms with E-state index in [1.165, 1.54) is 6.20 Å². The topological polar surface area (TPSA) is 62.3 Å². The third kappa shape index (κ3) is 3.77. The molecule has 0 bridgehead atoms. The minimum Gasteiger partial charge on any atom is -0.337 e. The van der Waals surface area contributed by atoms with Gasteiger partial charge in [-0.05, 0) is 48.9 Å². The minimum atomic E-state index is -0.223. The summed E-state index contributed by atoms with van der Waals surface area (Å²) in [6.45, 7) is 7.71. The number of hydrogen-bond acceptors (Lipinski definition) is 3. The van der Waals surface area contributed by atoms with E-state index in [0.717, 1.165) is 42.7 Å². The molecule has 0 saturated carbocycles. The van der Waals surface area contributed by atoms with Gasteiger partial charge in [-0.15, -0.1) is 0 Å². The molecule has 3 rings (SSSR count). The third-order valence-electron chi connectivity index (χ3n) is 4.80. The number of carbonyl (C=O) groups is 2. The monoisotopic (exact) mass is 351 g/mol. The summed E-state index contributed by atoms with van der Waals surface area (Å²) in [4.78, 5) is 31.2. The van der Waals surface area contributed by atoms with Crippen LogP contribution in [-0.2, 0) is 0 Å². The third-order valence-corrected chi connectivity index (χ3v) is 4.80. The van der Waals surface area contributed by atoms with Gasteiger partial charge in [0.15, 0.2) is 0 Å². The summed E-state index contributed by atoms with van der Waals surface area (Å²) >= 11 is 0.